The van der Waals surface area contributed by atoms with Gasteiger partial charge in [-0.15, -0.1) is 0 Å². The van der Waals surface area contributed by atoms with Crippen LogP contribution in [0.1, 0.15) is 0 Å². The van der Waals surface area contributed by atoms with Crippen LogP contribution in [-0.2, 0) is 0 Å². The minimum atomic E-state index is 0.721. The lowest BCUT2D eigenvalue weighted by Gasteiger charge is -2.10. The van der Waals surface area contributed by atoms with Crippen LogP contribution in [0, 0.1) is 0 Å². The lowest BCUT2D eigenvalue weighted by atomic mass is 10.0. The SMILES string of the molecule is COc1ccc(-c2cnc3ccccc3c2)cc1OC. The Morgan fingerprint density at radius 2 is 1.60 bits per heavy atom. The Labute approximate surface area is 117 Å². The summed E-state index contributed by atoms with van der Waals surface area (Å²) >= 11 is 0. The van der Waals surface area contributed by atoms with Gasteiger partial charge >= 0.3 is 0 Å². The van der Waals surface area contributed by atoms with Crippen LogP contribution in [0.15, 0.2) is 54.7 Å². The molecule has 1 aromatic heterocycles. The summed E-state index contributed by atoms with van der Waals surface area (Å²) < 4.78 is 10.6. The maximum Gasteiger partial charge on any atom is 0.161 e. The number of pyridine rings is 1. The van der Waals surface area contributed by atoms with E-state index in [9.17, 15) is 0 Å². The third-order valence-electron chi connectivity index (χ3n) is 3.31. The van der Waals surface area contributed by atoms with Crippen LogP contribution < -0.4 is 9.47 Å². The molecule has 2 aromatic carbocycles. The first-order valence-electron chi connectivity index (χ1n) is 6.39. The third kappa shape index (κ3) is 2.18. The van der Waals surface area contributed by atoms with Gasteiger partial charge in [0.2, 0.25) is 0 Å². The zero-order valence-electron chi connectivity index (χ0n) is 11.5. The minimum absolute atomic E-state index is 0.721. The van der Waals surface area contributed by atoms with E-state index in [1.807, 2.05) is 42.6 Å². The van der Waals surface area contributed by atoms with Gasteiger partial charge in [-0.1, -0.05) is 24.3 Å². The maximum absolute atomic E-state index is 5.34. The highest BCUT2D eigenvalue weighted by atomic mass is 16.5. The molecule has 0 fully saturated rings. The van der Waals surface area contributed by atoms with Gasteiger partial charge in [0.1, 0.15) is 0 Å². The van der Waals surface area contributed by atoms with Gasteiger partial charge in [-0.2, -0.15) is 0 Å². The largest absolute Gasteiger partial charge is 0.493 e. The second kappa shape index (κ2) is 5.21. The van der Waals surface area contributed by atoms with Gasteiger partial charge in [0.15, 0.2) is 11.5 Å². The molecule has 3 aromatic rings. The van der Waals surface area contributed by atoms with E-state index in [1.165, 1.54) is 0 Å². The van der Waals surface area contributed by atoms with Crippen molar-refractivity contribution in [2.24, 2.45) is 0 Å². The van der Waals surface area contributed by atoms with Crippen molar-refractivity contribution in [3.8, 4) is 22.6 Å². The Morgan fingerprint density at radius 1 is 0.800 bits per heavy atom. The molecule has 0 bridgehead atoms. The van der Waals surface area contributed by atoms with Crippen molar-refractivity contribution in [2.45, 2.75) is 0 Å². The van der Waals surface area contributed by atoms with Crippen LogP contribution in [0.2, 0.25) is 0 Å². The second-order valence-corrected chi connectivity index (χ2v) is 4.49. The average Bonchev–Trinajstić information content (AvgIpc) is 2.53. The molecule has 3 nitrogen and oxygen atoms in total. The van der Waals surface area contributed by atoms with Gasteiger partial charge in [-0.05, 0) is 29.8 Å². The van der Waals surface area contributed by atoms with Crippen LogP contribution in [0.5, 0.6) is 11.5 Å². The minimum Gasteiger partial charge on any atom is -0.493 e. The molecule has 0 aliphatic rings. The number of nitrogens with zero attached hydrogens (tertiary/aromatic N) is 1. The Kier molecular flexibility index (Phi) is 3.25. The molecular weight excluding hydrogens is 250 g/mol. The highest BCUT2D eigenvalue weighted by Gasteiger charge is 2.07. The fraction of sp³-hybridized carbons (Fsp3) is 0.118. The van der Waals surface area contributed by atoms with Crippen molar-refractivity contribution in [1.82, 2.24) is 4.98 Å². The third-order valence-corrected chi connectivity index (χ3v) is 3.31. The maximum atomic E-state index is 5.34. The summed E-state index contributed by atoms with van der Waals surface area (Å²) in [5, 5.41) is 1.12. The van der Waals surface area contributed by atoms with Crippen molar-refractivity contribution in [2.75, 3.05) is 14.2 Å². The summed E-state index contributed by atoms with van der Waals surface area (Å²) in [6, 6.07) is 16.1. The first-order valence-corrected chi connectivity index (χ1v) is 6.39. The summed E-state index contributed by atoms with van der Waals surface area (Å²) in [6.07, 6.45) is 1.88. The first kappa shape index (κ1) is 12.5. The molecule has 0 atom stereocenters. The summed E-state index contributed by atoms with van der Waals surface area (Å²) in [7, 11) is 3.27. The van der Waals surface area contributed by atoms with Crippen molar-refractivity contribution >= 4 is 10.9 Å². The number of ether oxygens (including phenoxy) is 2. The Bertz CT molecular complexity index is 753. The van der Waals surface area contributed by atoms with Crippen LogP contribution in [0.3, 0.4) is 0 Å². The fourth-order valence-corrected chi connectivity index (χ4v) is 2.24. The van der Waals surface area contributed by atoms with E-state index in [-0.39, 0.29) is 0 Å². The van der Waals surface area contributed by atoms with E-state index in [0.717, 1.165) is 33.5 Å². The zero-order valence-corrected chi connectivity index (χ0v) is 11.5. The molecule has 0 unspecified atom stereocenters. The molecule has 0 N–H and O–H groups in total. The van der Waals surface area contributed by atoms with E-state index in [0.29, 0.717) is 0 Å². The number of fused-ring (bicyclic) bond motifs is 1. The van der Waals surface area contributed by atoms with E-state index >= 15 is 0 Å². The Hall–Kier alpha value is -2.55. The molecule has 0 saturated heterocycles. The molecule has 100 valence electrons. The molecule has 0 aliphatic heterocycles. The van der Waals surface area contributed by atoms with E-state index in [1.54, 1.807) is 14.2 Å². The molecule has 0 amide bonds. The summed E-state index contributed by atoms with van der Waals surface area (Å²) in [6.45, 7) is 0. The molecule has 0 spiro atoms. The highest BCUT2D eigenvalue weighted by Crippen LogP contribution is 2.32. The number of para-hydroxylation sites is 1. The summed E-state index contributed by atoms with van der Waals surface area (Å²) in [5.41, 5.74) is 3.11. The Morgan fingerprint density at radius 3 is 2.40 bits per heavy atom. The first-order chi connectivity index (χ1) is 9.81. The van der Waals surface area contributed by atoms with Crippen molar-refractivity contribution < 1.29 is 9.47 Å². The molecule has 0 radical (unpaired) electrons. The van der Waals surface area contributed by atoms with E-state index in [2.05, 4.69) is 17.1 Å². The number of hydrogen-bond donors (Lipinski definition) is 0. The van der Waals surface area contributed by atoms with E-state index in [4.69, 9.17) is 9.47 Å². The fourth-order valence-electron chi connectivity index (χ4n) is 2.24. The quantitative estimate of drug-likeness (QED) is 0.719. The monoisotopic (exact) mass is 265 g/mol. The van der Waals surface area contributed by atoms with Crippen molar-refractivity contribution in [1.29, 1.82) is 0 Å². The van der Waals surface area contributed by atoms with Crippen LogP contribution in [0.4, 0.5) is 0 Å². The molecular formula is C17H15NO2. The smallest absolute Gasteiger partial charge is 0.161 e. The van der Waals surface area contributed by atoms with Gasteiger partial charge in [0, 0.05) is 17.1 Å². The lowest BCUT2D eigenvalue weighted by Crippen LogP contribution is -1.91. The number of benzene rings is 2. The topological polar surface area (TPSA) is 31.4 Å². The predicted molar refractivity (Wildman–Crippen MR) is 80.3 cm³/mol. The lowest BCUT2D eigenvalue weighted by molar-refractivity contribution is 0.355. The Balaban J connectivity index is 2.10. The van der Waals surface area contributed by atoms with Crippen LogP contribution in [0.25, 0.3) is 22.0 Å². The zero-order chi connectivity index (χ0) is 13.9. The van der Waals surface area contributed by atoms with Gasteiger partial charge in [-0.25, -0.2) is 0 Å². The molecule has 1 heterocycles. The van der Waals surface area contributed by atoms with Gasteiger partial charge in [0.05, 0.1) is 19.7 Å². The highest BCUT2D eigenvalue weighted by molar-refractivity contribution is 5.83. The van der Waals surface area contributed by atoms with Crippen molar-refractivity contribution in [3.05, 3.63) is 54.7 Å². The molecule has 0 saturated carbocycles. The normalized spacial score (nSPS) is 10.5. The number of hydrogen-bond acceptors (Lipinski definition) is 3. The molecule has 3 rings (SSSR count). The van der Waals surface area contributed by atoms with Gasteiger partial charge < -0.3 is 9.47 Å². The van der Waals surface area contributed by atoms with E-state index < -0.39 is 0 Å². The average molecular weight is 265 g/mol. The second-order valence-electron chi connectivity index (χ2n) is 4.49. The summed E-state index contributed by atoms with van der Waals surface area (Å²) in [5.74, 6) is 1.45. The number of aromatic nitrogens is 1. The van der Waals surface area contributed by atoms with Gasteiger partial charge in [0.25, 0.3) is 0 Å². The number of methoxy groups -OCH3 is 2. The standard InChI is InChI=1S/C17H15NO2/c1-19-16-8-7-12(10-17(16)20-2)14-9-13-5-3-4-6-15(13)18-11-14/h3-11H,1-2H3. The van der Waals surface area contributed by atoms with Crippen molar-refractivity contribution in [3.63, 3.8) is 0 Å². The van der Waals surface area contributed by atoms with Crippen LogP contribution >= 0.6 is 0 Å². The van der Waals surface area contributed by atoms with Gasteiger partial charge in [-0.3, -0.25) is 4.98 Å². The summed E-state index contributed by atoms with van der Waals surface area (Å²) in [4.78, 5) is 4.48. The number of rotatable bonds is 3. The molecule has 3 heteroatoms. The van der Waals surface area contributed by atoms with Crippen LogP contribution in [-0.4, -0.2) is 19.2 Å². The predicted octanol–water partition coefficient (Wildman–Crippen LogP) is 3.92. The molecule has 20 heavy (non-hydrogen) atoms. The molecule has 0 aliphatic carbocycles.